The van der Waals surface area contributed by atoms with Gasteiger partial charge in [-0.05, 0) is 30.7 Å². The van der Waals surface area contributed by atoms with Crippen LogP contribution in [0, 0.1) is 5.92 Å². The Morgan fingerprint density at radius 2 is 1.85 bits per heavy atom. The lowest BCUT2D eigenvalue weighted by molar-refractivity contribution is -0.119. The summed E-state index contributed by atoms with van der Waals surface area (Å²) in [6.07, 6.45) is 2.55. The third kappa shape index (κ3) is 4.53. The second kappa shape index (κ2) is 8.32. The summed E-state index contributed by atoms with van der Waals surface area (Å²) in [6, 6.07) is 9.53. The molecule has 0 saturated carbocycles. The van der Waals surface area contributed by atoms with E-state index in [9.17, 15) is 4.79 Å². The van der Waals surface area contributed by atoms with Crippen molar-refractivity contribution < 1.29 is 14.3 Å². The Morgan fingerprint density at radius 3 is 2.59 bits per heavy atom. The molecule has 1 aromatic carbocycles. The summed E-state index contributed by atoms with van der Waals surface area (Å²) in [4.78, 5) is 14.4. The van der Waals surface area contributed by atoms with Crippen molar-refractivity contribution in [2.45, 2.75) is 6.42 Å². The average Bonchev–Trinajstić information content (AvgIpc) is 3.25. The molecule has 4 rings (SSSR count). The van der Waals surface area contributed by atoms with Gasteiger partial charge in [0.2, 0.25) is 5.91 Å². The molecule has 2 aliphatic heterocycles. The molecule has 1 amide bonds. The molecule has 0 radical (unpaired) electrons. The first-order chi connectivity index (χ1) is 13.3. The Balaban J connectivity index is 1.37. The quantitative estimate of drug-likeness (QED) is 0.834. The predicted molar refractivity (Wildman–Crippen MR) is 102 cm³/mol. The van der Waals surface area contributed by atoms with E-state index in [4.69, 9.17) is 9.47 Å². The fraction of sp³-hybridized carbons (Fsp3) is 0.421. The minimum Gasteiger partial charge on any atom is -0.381 e. The zero-order valence-corrected chi connectivity index (χ0v) is 15.1. The lowest BCUT2D eigenvalue weighted by Crippen LogP contribution is -2.36. The molecule has 8 heteroatoms. The van der Waals surface area contributed by atoms with Gasteiger partial charge in [0.05, 0.1) is 37.6 Å². The SMILES string of the molecule is O=C(Nc1ccc(Nc2cc(N3CCOCC3)cnn2)cc1)C1CCOC1. The fourth-order valence-electron chi connectivity index (χ4n) is 3.18. The average molecular weight is 369 g/mol. The highest BCUT2D eigenvalue weighted by Gasteiger charge is 2.23. The zero-order valence-electron chi connectivity index (χ0n) is 15.1. The number of anilines is 4. The molecule has 1 atom stereocenters. The zero-order chi connectivity index (χ0) is 18.5. The Bertz CT molecular complexity index is 771. The van der Waals surface area contributed by atoms with Crippen molar-refractivity contribution >= 4 is 28.8 Å². The highest BCUT2D eigenvalue weighted by atomic mass is 16.5. The van der Waals surface area contributed by atoms with Gasteiger partial charge in [-0.15, -0.1) is 5.10 Å². The van der Waals surface area contributed by atoms with Gasteiger partial charge in [-0.1, -0.05) is 0 Å². The normalized spacial score (nSPS) is 19.7. The second-order valence-electron chi connectivity index (χ2n) is 6.65. The van der Waals surface area contributed by atoms with Gasteiger partial charge in [0.25, 0.3) is 0 Å². The monoisotopic (exact) mass is 369 g/mol. The third-order valence-corrected chi connectivity index (χ3v) is 4.74. The second-order valence-corrected chi connectivity index (χ2v) is 6.65. The molecule has 8 nitrogen and oxygen atoms in total. The van der Waals surface area contributed by atoms with Crippen LogP contribution in [0.3, 0.4) is 0 Å². The first kappa shape index (κ1) is 17.7. The number of carbonyl (C=O) groups is 1. The summed E-state index contributed by atoms with van der Waals surface area (Å²) in [7, 11) is 0. The number of morpholine rings is 1. The van der Waals surface area contributed by atoms with Crippen molar-refractivity contribution in [1.82, 2.24) is 10.2 Å². The van der Waals surface area contributed by atoms with Gasteiger partial charge in [-0.25, -0.2) is 0 Å². The molecule has 2 N–H and O–H groups in total. The Hall–Kier alpha value is -2.71. The fourth-order valence-corrected chi connectivity index (χ4v) is 3.18. The van der Waals surface area contributed by atoms with Crippen molar-refractivity contribution in [2.75, 3.05) is 55.1 Å². The van der Waals surface area contributed by atoms with Crippen molar-refractivity contribution in [2.24, 2.45) is 5.92 Å². The highest BCUT2D eigenvalue weighted by Crippen LogP contribution is 2.22. The first-order valence-electron chi connectivity index (χ1n) is 9.19. The summed E-state index contributed by atoms with van der Waals surface area (Å²) >= 11 is 0. The highest BCUT2D eigenvalue weighted by molar-refractivity contribution is 5.93. The molecule has 0 bridgehead atoms. The van der Waals surface area contributed by atoms with E-state index in [0.29, 0.717) is 19.0 Å². The molecule has 1 unspecified atom stereocenters. The molecule has 2 aromatic rings. The minimum atomic E-state index is -0.0546. The van der Waals surface area contributed by atoms with Crippen LogP contribution in [0.4, 0.5) is 22.9 Å². The van der Waals surface area contributed by atoms with Gasteiger partial charge in [0.15, 0.2) is 5.82 Å². The van der Waals surface area contributed by atoms with Crippen LogP contribution in [0.15, 0.2) is 36.5 Å². The van der Waals surface area contributed by atoms with Crippen LogP contribution in [-0.4, -0.2) is 55.6 Å². The first-order valence-corrected chi connectivity index (χ1v) is 9.19. The smallest absolute Gasteiger partial charge is 0.229 e. The number of aromatic nitrogens is 2. The molecular weight excluding hydrogens is 346 g/mol. The van der Waals surface area contributed by atoms with Gasteiger partial charge in [0.1, 0.15) is 0 Å². The van der Waals surface area contributed by atoms with Crippen LogP contribution in [0.25, 0.3) is 0 Å². The predicted octanol–water partition coefficient (Wildman–Crippen LogP) is 2.03. The number of carbonyl (C=O) groups excluding carboxylic acids is 1. The van der Waals surface area contributed by atoms with E-state index in [2.05, 4.69) is 25.7 Å². The standard InChI is InChI=1S/C19H23N5O3/c25-19(14-5-8-27-13-14)22-16-3-1-15(2-4-16)21-18-11-17(12-20-23-18)24-6-9-26-10-7-24/h1-4,11-12,14H,5-10,13H2,(H,21,23)(H,22,25). The maximum absolute atomic E-state index is 12.1. The molecule has 3 heterocycles. The van der Waals surface area contributed by atoms with E-state index in [1.165, 1.54) is 0 Å². The minimum absolute atomic E-state index is 0.0114. The molecule has 1 aromatic heterocycles. The van der Waals surface area contributed by atoms with Crippen LogP contribution in [0.2, 0.25) is 0 Å². The van der Waals surface area contributed by atoms with Gasteiger partial charge in [-0.2, -0.15) is 5.10 Å². The number of nitrogens with one attached hydrogen (secondary N) is 2. The summed E-state index contributed by atoms with van der Waals surface area (Å²) in [5.74, 6) is 0.636. The summed E-state index contributed by atoms with van der Waals surface area (Å²) in [6.45, 7) is 4.32. The summed E-state index contributed by atoms with van der Waals surface area (Å²) in [5.41, 5.74) is 2.68. The molecule has 2 fully saturated rings. The van der Waals surface area contributed by atoms with Crippen LogP contribution < -0.4 is 15.5 Å². The van der Waals surface area contributed by atoms with E-state index in [1.54, 1.807) is 6.20 Å². The summed E-state index contributed by atoms with van der Waals surface area (Å²) < 4.78 is 10.6. The van der Waals surface area contributed by atoms with E-state index in [1.807, 2.05) is 30.3 Å². The maximum atomic E-state index is 12.1. The Morgan fingerprint density at radius 1 is 1.07 bits per heavy atom. The van der Waals surface area contributed by atoms with Crippen molar-refractivity contribution in [3.8, 4) is 0 Å². The largest absolute Gasteiger partial charge is 0.381 e. The van der Waals surface area contributed by atoms with E-state index >= 15 is 0 Å². The number of amides is 1. The van der Waals surface area contributed by atoms with Crippen LogP contribution >= 0.6 is 0 Å². The molecule has 0 spiro atoms. The number of hydrogen-bond donors (Lipinski definition) is 2. The Labute approximate surface area is 157 Å². The molecule has 2 saturated heterocycles. The van der Waals surface area contributed by atoms with Crippen LogP contribution in [0.5, 0.6) is 0 Å². The topological polar surface area (TPSA) is 88.6 Å². The lowest BCUT2D eigenvalue weighted by Gasteiger charge is -2.28. The van der Waals surface area contributed by atoms with Crippen LogP contribution in [-0.2, 0) is 14.3 Å². The van der Waals surface area contributed by atoms with Crippen LogP contribution in [0.1, 0.15) is 6.42 Å². The number of nitrogens with zero attached hydrogens (tertiary/aromatic N) is 3. The van der Waals surface area contributed by atoms with Crippen molar-refractivity contribution in [1.29, 1.82) is 0 Å². The van der Waals surface area contributed by atoms with Crippen molar-refractivity contribution in [3.63, 3.8) is 0 Å². The number of hydrogen-bond acceptors (Lipinski definition) is 7. The van der Waals surface area contributed by atoms with E-state index in [0.717, 1.165) is 49.8 Å². The van der Waals surface area contributed by atoms with Gasteiger partial charge < -0.3 is 25.0 Å². The number of rotatable bonds is 5. The van der Waals surface area contributed by atoms with E-state index in [-0.39, 0.29) is 11.8 Å². The number of benzene rings is 1. The van der Waals surface area contributed by atoms with Crippen molar-refractivity contribution in [3.05, 3.63) is 36.5 Å². The third-order valence-electron chi connectivity index (χ3n) is 4.74. The van der Waals surface area contributed by atoms with Gasteiger partial charge in [0, 0.05) is 37.1 Å². The maximum Gasteiger partial charge on any atom is 0.229 e. The summed E-state index contributed by atoms with van der Waals surface area (Å²) in [5, 5.41) is 14.4. The lowest BCUT2D eigenvalue weighted by atomic mass is 10.1. The van der Waals surface area contributed by atoms with Gasteiger partial charge >= 0.3 is 0 Å². The molecular formula is C19H23N5O3. The van der Waals surface area contributed by atoms with E-state index < -0.39 is 0 Å². The number of ether oxygens (including phenoxy) is 2. The Kier molecular flexibility index (Phi) is 5.45. The molecule has 27 heavy (non-hydrogen) atoms. The molecule has 2 aliphatic rings. The van der Waals surface area contributed by atoms with Gasteiger partial charge in [-0.3, -0.25) is 4.79 Å². The molecule has 0 aliphatic carbocycles. The molecule has 142 valence electrons.